The average molecular weight is 343 g/mol. The highest BCUT2D eigenvalue weighted by molar-refractivity contribution is 7.99. The van der Waals surface area contributed by atoms with Crippen LogP contribution in [0.4, 0.5) is 0 Å². The lowest BCUT2D eigenvalue weighted by Gasteiger charge is -2.08. The molecule has 0 nitrogen and oxygen atoms in total. The zero-order valence-corrected chi connectivity index (χ0v) is 15.1. The Morgan fingerprint density at radius 3 is 1.44 bits per heavy atom. The predicted octanol–water partition coefficient (Wildman–Crippen LogP) is 6.51. The summed E-state index contributed by atoms with van der Waals surface area (Å²) in [5.74, 6) is 2.36. The van der Waals surface area contributed by atoms with Crippen molar-refractivity contribution < 1.29 is 0 Å². The van der Waals surface area contributed by atoms with Gasteiger partial charge >= 0.3 is 0 Å². The van der Waals surface area contributed by atoms with Crippen LogP contribution in [0.1, 0.15) is 11.1 Å². The minimum atomic E-state index is 1.14. The molecule has 0 aromatic heterocycles. The van der Waals surface area contributed by atoms with Gasteiger partial charge in [0.25, 0.3) is 0 Å². The van der Waals surface area contributed by atoms with E-state index in [1.165, 1.54) is 44.2 Å². The molecule has 0 radical (unpaired) electrons. The van der Waals surface area contributed by atoms with Crippen molar-refractivity contribution in [1.29, 1.82) is 0 Å². The lowest BCUT2D eigenvalue weighted by atomic mass is 10.0. The molecule has 0 unspecified atom stereocenters. The lowest BCUT2D eigenvalue weighted by Crippen LogP contribution is -1.94. The van der Waals surface area contributed by atoms with Crippen molar-refractivity contribution in [2.45, 2.75) is 12.8 Å². The number of benzene rings is 4. The molecule has 0 saturated heterocycles. The van der Waals surface area contributed by atoms with Crippen LogP contribution >= 0.6 is 11.8 Å². The van der Waals surface area contributed by atoms with Crippen LogP contribution < -0.4 is 0 Å². The number of thioether (sulfide) groups is 1. The Morgan fingerprint density at radius 2 is 0.920 bits per heavy atom. The highest BCUT2D eigenvalue weighted by Gasteiger charge is 2.02. The summed E-state index contributed by atoms with van der Waals surface area (Å²) in [6, 6.07) is 30.7. The molecule has 0 fully saturated rings. The number of fused-ring (bicyclic) bond motifs is 2. The van der Waals surface area contributed by atoms with Crippen LogP contribution in [0, 0.1) is 0 Å². The highest BCUT2D eigenvalue weighted by Crippen LogP contribution is 2.22. The molecule has 0 bridgehead atoms. The molecule has 1 heteroatoms. The van der Waals surface area contributed by atoms with Gasteiger partial charge in [-0.05, 0) is 57.0 Å². The maximum Gasteiger partial charge on any atom is -0.00267 e. The van der Waals surface area contributed by atoms with Gasteiger partial charge in [0, 0.05) is 0 Å². The van der Waals surface area contributed by atoms with E-state index in [1.807, 2.05) is 0 Å². The number of hydrogen-bond acceptors (Lipinski definition) is 1. The SMILES string of the molecule is c1ccc2c(CCSCCc3cccc4ccccc34)cccc2c1. The molecule has 0 atom stereocenters. The Balaban J connectivity index is 1.35. The maximum absolute atomic E-state index is 2.27. The first kappa shape index (κ1) is 16.2. The average Bonchev–Trinajstić information content (AvgIpc) is 2.68. The lowest BCUT2D eigenvalue weighted by molar-refractivity contribution is 1.14. The van der Waals surface area contributed by atoms with Crippen LogP contribution in [0.25, 0.3) is 21.5 Å². The van der Waals surface area contributed by atoms with Gasteiger partial charge in [0.2, 0.25) is 0 Å². The highest BCUT2D eigenvalue weighted by atomic mass is 32.2. The molecule has 0 N–H and O–H groups in total. The van der Waals surface area contributed by atoms with E-state index in [1.54, 1.807) is 0 Å². The van der Waals surface area contributed by atoms with Gasteiger partial charge in [0.05, 0.1) is 0 Å². The van der Waals surface area contributed by atoms with E-state index in [4.69, 9.17) is 0 Å². The van der Waals surface area contributed by atoms with Gasteiger partial charge in [0.1, 0.15) is 0 Å². The fraction of sp³-hybridized carbons (Fsp3) is 0.167. The van der Waals surface area contributed by atoms with E-state index in [9.17, 15) is 0 Å². The maximum atomic E-state index is 2.27. The van der Waals surface area contributed by atoms with Crippen molar-refractivity contribution in [2.24, 2.45) is 0 Å². The predicted molar refractivity (Wildman–Crippen MR) is 113 cm³/mol. The second kappa shape index (κ2) is 7.76. The fourth-order valence-corrected chi connectivity index (χ4v) is 4.42. The van der Waals surface area contributed by atoms with E-state index in [-0.39, 0.29) is 0 Å². The summed E-state index contributed by atoms with van der Waals surface area (Å²) in [5, 5.41) is 5.50. The molecule has 0 heterocycles. The van der Waals surface area contributed by atoms with Crippen molar-refractivity contribution >= 4 is 33.3 Å². The minimum absolute atomic E-state index is 1.14. The van der Waals surface area contributed by atoms with Gasteiger partial charge in [-0.25, -0.2) is 0 Å². The molecular weight excluding hydrogens is 320 g/mol. The van der Waals surface area contributed by atoms with Gasteiger partial charge in [0.15, 0.2) is 0 Å². The molecule has 4 aromatic carbocycles. The Morgan fingerprint density at radius 1 is 0.480 bits per heavy atom. The summed E-state index contributed by atoms with van der Waals surface area (Å²) in [6.45, 7) is 0. The first-order chi connectivity index (χ1) is 12.4. The van der Waals surface area contributed by atoms with Crippen LogP contribution in [0.15, 0.2) is 84.9 Å². The third kappa shape index (κ3) is 3.72. The molecule has 0 saturated carbocycles. The summed E-state index contributed by atoms with van der Waals surface area (Å²) in [5.41, 5.74) is 2.94. The van der Waals surface area contributed by atoms with Crippen molar-refractivity contribution in [2.75, 3.05) is 11.5 Å². The normalized spacial score (nSPS) is 11.2. The van der Waals surface area contributed by atoms with E-state index in [0.29, 0.717) is 0 Å². The van der Waals surface area contributed by atoms with E-state index < -0.39 is 0 Å². The van der Waals surface area contributed by atoms with Gasteiger partial charge in [-0.1, -0.05) is 84.9 Å². The summed E-state index contributed by atoms with van der Waals surface area (Å²) in [4.78, 5) is 0. The molecule has 4 aromatic rings. The topological polar surface area (TPSA) is 0 Å². The van der Waals surface area contributed by atoms with Gasteiger partial charge in [-0.2, -0.15) is 11.8 Å². The van der Waals surface area contributed by atoms with Crippen LogP contribution in [0.2, 0.25) is 0 Å². The Kier molecular flexibility index (Phi) is 5.03. The smallest absolute Gasteiger partial charge is 0.00267 e. The summed E-state index contributed by atoms with van der Waals surface area (Å²) in [7, 11) is 0. The van der Waals surface area contributed by atoms with Gasteiger partial charge < -0.3 is 0 Å². The second-order valence-corrected chi connectivity index (χ2v) is 7.61. The van der Waals surface area contributed by atoms with Crippen LogP contribution in [0.3, 0.4) is 0 Å². The van der Waals surface area contributed by atoms with Crippen LogP contribution in [0.5, 0.6) is 0 Å². The van der Waals surface area contributed by atoms with Gasteiger partial charge in [-0.15, -0.1) is 0 Å². The molecule has 0 amide bonds. The van der Waals surface area contributed by atoms with Crippen molar-refractivity contribution in [3.8, 4) is 0 Å². The van der Waals surface area contributed by atoms with Crippen molar-refractivity contribution in [3.05, 3.63) is 96.1 Å². The molecular formula is C24H22S. The molecule has 0 aliphatic rings. The number of rotatable bonds is 6. The summed E-state index contributed by atoms with van der Waals surface area (Å²) in [6.07, 6.45) is 2.28. The third-order valence-corrected chi connectivity index (χ3v) is 5.78. The van der Waals surface area contributed by atoms with Gasteiger partial charge in [-0.3, -0.25) is 0 Å². The molecule has 0 aliphatic heterocycles. The molecule has 25 heavy (non-hydrogen) atoms. The Labute approximate surface area is 153 Å². The largest absolute Gasteiger partial charge is 0.161 e. The zero-order chi connectivity index (χ0) is 16.9. The fourth-order valence-electron chi connectivity index (χ4n) is 3.49. The van der Waals surface area contributed by atoms with Crippen LogP contribution in [-0.4, -0.2) is 11.5 Å². The number of aryl methyl sites for hydroxylation is 2. The monoisotopic (exact) mass is 342 g/mol. The van der Waals surface area contributed by atoms with Crippen LogP contribution in [-0.2, 0) is 12.8 Å². The second-order valence-electron chi connectivity index (χ2n) is 6.39. The standard InChI is InChI=1S/C24H22S/c1-3-13-23-19(7-1)9-5-11-21(23)15-17-25-18-16-22-12-6-10-20-8-2-4-14-24(20)22/h1-14H,15-18H2. The first-order valence-electron chi connectivity index (χ1n) is 8.93. The molecule has 124 valence electrons. The van der Waals surface area contributed by atoms with E-state index >= 15 is 0 Å². The molecule has 0 spiro atoms. The Bertz CT molecular complexity index is 895. The Hall–Kier alpha value is -2.25. The van der Waals surface area contributed by atoms with Crippen molar-refractivity contribution in [3.63, 3.8) is 0 Å². The summed E-state index contributed by atoms with van der Waals surface area (Å²) >= 11 is 2.06. The van der Waals surface area contributed by atoms with E-state index in [2.05, 4.69) is 96.7 Å². The summed E-state index contributed by atoms with van der Waals surface area (Å²) < 4.78 is 0. The third-order valence-electron chi connectivity index (χ3n) is 4.79. The van der Waals surface area contributed by atoms with E-state index in [0.717, 1.165) is 12.8 Å². The quantitative estimate of drug-likeness (QED) is 0.360. The molecule has 4 rings (SSSR count). The zero-order valence-electron chi connectivity index (χ0n) is 14.3. The molecule has 0 aliphatic carbocycles. The minimum Gasteiger partial charge on any atom is -0.161 e. The number of hydrogen-bond donors (Lipinski definition) is 0. The first-order valence-corrected chi connectivity index (χ1v) is 10.1. The van der Waals surface area contributed by atoms with Crippen molar-refractivity contribution in [1.82, 2.24) is 0 Å².